The van der Waals surface area contributed by atoms with E-state index in [0.29, 0.717) is 19.8 Å². The van der Waals surface area contributed by atoms with E-state index in [0.717, 1.165) is 0 Å². The molecule has 0 atom stereocenters. The van der Waals surface area contributed by atoms with Gasteiger partial charge < -0.3 is 28.6 Å². The van der Waals surface area contributed by atoms with Crippen LogP contribution in [0.15, 0.2) is 0 Å². The van der Waals surface area contributed by atoms with Crippen molar-refractivity contribution in [2.45, 2.75) is 40.0 Å². The first-order valence-electron chi connectivity index (χ1n) is 8.26. The van der Waals surface area contributed by atoms with Gasteiger partial charge in [-0.2, -0.15) is 0 Å². The van der Waals surface area contributed by atoms with Crippen LogP contribution in [0.1, 0.15) is 40.0 Å². The Balaban J connectivity index is -0.000000152. The summed E-state index contributed by atoms with van der Waals surface area (Å²) >= 11 is 0. The molecule has 0 spiro atoms. The van der Waals surface area contributed by atoms with Crippen LogP contribution in [0.4, 0.5) is 0 Å². The van der Waals surface area contributed by atoms with E-state index in [4.69, 9.17) is 14.2 Å². The molecule has 0 saturated heterocycles. The first-order valence-corrected chi connectivity index (χ1v) is 8.26. The molecule has 0 aliphatic heterocycles. The van der Waals surface area contributed by atoms with E-state index in [1.165, 1.54) is 18.9 Å². The summed E-state index contributed by atoms with van der Waals surface area (Å²) < 4.78 is 14.2. The van der Waals surface area contributed by atoms with E-state index >= 15 is 0 Å². The van der Waals surface area contributed by atoms with Crippen LogP contribution in [0.25, 0.3) is 0 Å². The molecule has 0 saturated carbocycles. The van der Waals surface area contributed by atoms with E-state index in [2.05, 4.69) is 0 Å². The van der Waals surface area contributed by atoms with Crippen molar-refractivity contribution in [1.82, 2.24) is 0 Å². The van der Waals surface area contributed by atoms with Gasteiger partial charge in [-0.3, -0.25) is 33.2 Å². The van der Waals surface area contributed by atoms with Crippen LogP contribution in [0.2, 0.25) is 0 Å². The molecule has 0 aromatic carbocycles. The molecular weight excluding hydrogens is 451 g/mol. The molecule has 9 nitrogen and oxygen atoms in total. The van der Waals surface area contributed by atoms with Gasteiger partial charge in [0.25, 0.3) is 0 Å². The zero-order valence-corrected chi connectivity index (χ0v) is 19.0. The van der Waals surface area contributed by atoms with E-state index in [1.54, 1.807) is 20.8 Å². The fourth-order valence-corrected chi connectivity index (χ4v) is 1.04. The molecule has 28 heavy (non-hydrogen) atoms. The van der Waals surface area contributed by atoms with Crippen LogP contribution in [0.3, 0.4) is 0 Å². The van der Waals surface area contributed by atoms with Gasteiger partial charge in [-0.15, -0.1) is 0 Å². The van der Waals surface area contributed by atoms with E-state index in [1.807, 2.05) is 0 Å². The van der Waals surface area contributed by atoms with Crippen LogP contribution >= 0.6 is 0 Å². The second kappa shape index (κ2) is 30.5. The third-order valence-electron chi connectivity index (χ3n) is 2.21. The molecule has 0 aliphatic carbocycles. The number of carbonyl (C=O) groups is 3. The second-order valence-electron chi connectivity index (χ2n) is 4.49. The molecule has 1 radical (unpaired) electrons. The number of hydrogen-bond donors (Lipinski definition) is 0. The van der Waals surface area contributed by atoms with Crippen molar-refractivity contribution in [1.29, 1.82) is 0 Å². The van der Waals surface area contributed by atoms with E-state index in [-0.39, 0.29) is 82.6 Å². The largest absolute Gasteiger partial charge is 3.00 e. The van der Waals surface area contributed by atoms with Gasteiger partial charge in [0.2, 0.25) is 0 Å². The molecule has 0 fully saturated rings. The molecule has 0 amide bonds. The Labute approximate surface area is 185 Å². The molecule has 0 N–H and O–H groups in total. The van der Waals surface area contributed by atoms with Crippen LogP contribution in [0, 0.1) is 0 Å². The summed E-state index contributed by atoms with van der Waals surface area (Å²) in [6.45, 7) is 6.98. The minimum absolute atomic E-state index is 0. The Kier molecular flexibility index (Phi) is 37.4. The van der Waals surface area contributed by atoms with Gasteiger partial charge in [0.1, 0.15) is 37.2 Å². The van der Waals surface area contributed by atoms with Gasteiger partial charge in [-0.1, -0.05) is 19.3 Å². The van der Waals surface area contributed by atoms with Crippen molar-refractivity contribution in [2.75, 3.05) is 39.6 Å². The summed E-state index contributed by atoms with van der Waals surface area (Å²) in [6.07, 6.45) is 4.03. The van der Waals surface area contributed by atoms with Gasteiger partial charge in [-0.05, 0) is 20.8 Å². The molecule has 0 heterocycles. The monoisotopic (exact) mass is 477 g/mol. The van der Waals surface area contributed by atoms with E-state index < -0.39 is 0 Å². The van der Waals surface area contributed by atoms with Gasteiger partial charge in [-0.25, -0.2) is 0 Å². The predicted octanol–water partition coefficient (Wildman–Crippen LogP) is 0.273. The number of hydrogen-bond acceptors (Lipinski definition) is 9. The zero-order valence-electron chi connectivity index (χ0n) is 16.5. The Morgan fingerprint density at radius 2 is 0.786 bits per heavy atom. The van der Waals surface area contributed by atoms with Crippen LogP contribution in [-0.4, -0.2) is 75.8 Å². The summed E-state index contributed by atoms with van der Waals surface area (Å²) in [5.74, 6) is -0.648. The number of rotatable bonds is 15. The Morgan fingerprint density at radius 1 is 0.571 bits per heavy atom. The summed E-state index contributed by atoms with van der Waals surface area (Å²) in [7, 11) is 0. The summed E-state index contributed by atoms with van der Waals surface area (Å²) in [5.41, 5.74) is 0. The maximum atomic E-state index is 10.4. The molecule has 0 aromatic heterocycles. The number of ether oxygens (including phenoxy) is 3. The standard InChI is InChI=1S/3C6H9O3.Zr/c3*1-2-9-5-6(8)3-4-7;/h3*2-3,5H2,1H3;/q3*-1;+3. The van der Waals surface area contributed by atoms with Crippen LogP contribution in [0.5, 0.6) is 0 Å². The van der Waals surface area contributed by atoms with Crippen molar-refractivity contribution < 1.29 is 69.2 Å². The summed E-state index contributed by atoms with van der Waals surface area (Å²) in [4.78, 5) is 60.0. The summed E-state index contributed by atoms with van der Waals surface area (Å²) in [5, 5.41) is 0. The molecule has 0 aromatic rings. The van der Waals surface area contributed by atoms with Crippen molar-refractivity contribution in [3.05, 3.63) is 0 Å². The maximum Gasteiger partial charge on any atom is 3.00 e. The van der Waals surface area contributed by atoms with Gasteiger partial charge >= 0.3 is 26.2 Å². The quantitative estimate of drug-likeness (QED) is 0.240. The third-order valence-corrected chi connectivity index (χ3v) is 2.21. The molecule has 0 bridgehead atoms. The Bertz CT molecular complexity index is 363. The van der Waals surface area contributed by atoms with Crippen molar-refractivity contribution in [3.63, 3.8) is 0 Å². The minimum Gasteiger partial charge on any atom is -0.541 e. The van der Waals surface area contributed by atoms with Crippen molar-refractivity contribution in [2.24, 2.45) is 0 Å². The first kappa shape index (κ1) is 34.3. The second-order valence-corrected chi connectivity index (χ2v) is 4.49. The average molecular weight is 479 g/mol. The van der Waals surface area contributed by atoms with Crippen molar-refractivity contribution >= 4 is 36.2 Å². The molecule has 10 heteroatoms. The molecular formula is C18H27O9Zr. The summed E-state index contributed by atoms with van der Waals surface area (Å²) in [6, 6.07) is 0. The SMILES string of the molecule is CCOCC(=O)C[C-]=O.CCOCC(=O)C[C-]=O.CCOCC(=O)C[C-]=O.[Zr+3]. The fraction of sp³-hybridized carbons (Fsp3) is 0.667. The topological polar surface area (TPSA) is 130 Å². The van der Waals surface area contributed by atoms with Gasteiger partial charge in [0, 0.05) is 19.8 Å². The Morgan fingerprint density at radius 3 is 0.929 bits per heavy atom. The van der Waals surface area contributed by atoms with Gasteiger partial charge in [0.05, 0.1) is 0 Å². The minimum atomic E-state index is -0.216. The zero-order chi connectivity index (χ0) is 21.3. The maximum absolute atomic E-state index is 10.4. The normalized spacial score (nSPS) is 8.68. The fourth-order valence-electron chi connectivity index (χ4n) is 1.04. The molecule has 0 unspecified atom stereocenters. The van der Waals surface area contributed by atoms with Gasteiger partial charge in [0.15, 0.2) is 0 Å². The first-order chi connectivity index (χ1) is 12.9. The molecule has 0 aliphatic rings. The number of Topliss-reactive ketones (excluding diaryl/α,β-unsaturated/α-hetero) is 3. The molecule has 157 valence electrons. The Hall–Kier alpha value is -1.22. The van der Waals surface area contributed by atoms with Crippen molar-refractivity contribution in [3.8, 4) is 0 Å². The third kappa shape index (κ3) is 35.8. The predicted molar refractivity (Wildman–Crippen MR) is 95.4 cm³/mol. The van der Waals surface area contributed by atoms with E-state index in [9.17, 15) is 28.8 Å². The average Bonchev–Trinajstić information content (AvgIpc) is 2.65. The number of carbonyl (C=O) groups excluding carboxylic acids is 6. The molecule has 0 rings (SSSR count). The smallest absolute Gasteiger partial charge is 0.541 e. The van der Waals surface area contributed by atoms with Crippen LogP contribution < -0.4 is 0 Å². The van der Waals surface area contributed by atoms with Crippen LogP contribution in [-0.2, 0) is 69.2 Å². The number of ketones is 3.